The molecule has 2 bridgehead atoms. The fourth-order valence-corrected chi connectivity index (χ4v) is 4.28. The number of hydrogen-bond acceptors (Lipinski definition) is 3. The Morgan fingerprint density at radius 3 is 3.00 bits per heavy atom. The number of aryl methyl sites for hydroxylation is 1. The standard InChI is InChI=1S/C15H26N4/c1-2-6-19-7-5-17-15(19)14(18-16)10-13-9-11-3-4-12(13)8-11/h5,7,11-14,18H,2-4,6,8-10,16H2,1H3. The Morgan fingerprint density at radius 1 is 1.47 bits per heavy atom. The number of nitrogens with one attached hydrogen (secondary N) is 1. The van der Waals surface area contributed by atoms with E-state index in [1.54, 1.807) is 0 Å². The summed E-state index contributed by atoms with van der Waals surface area (Å²) in [6.45, 7) is 3.23. The van der Waals surface area contributed by atoms with E-state index in [-0.39, 0.29) is 6.04 Å². The van der Waals surface area contributed by atoms with Crippen LogP contribution in [0.4, 0.5) is 0 Å². The van der Waals surface area contributed by atoms with Gasteiger partial charge in [-0.2, -0.15) is 0 Å². The number of nitrogens with zero attached hydrogens (tertiary/aromatic N) is 2. The van der Waals surface area contributed by atoms with Crippen LogP contribution in [0.5, 0.6) is 0 Å². The topological polar surface area (TPSA) is 55.9 Å². The second-order valence-corrected chi connectivity index (χ2v) is 6.37. The van der Waals surface area contributed by atoms with Crippen molar-refractivity contribution in [3.05, 3.63) is 18.2 Å². The van der Waals surface area contributed by atoms with Crippen LogP contribution in [-0.2, 0) is 6.54 Å². The maximum absolute atomic E-state index is 5.80. The number of hydrazine groups is 1. The lowest BCUT2D eigenvalue weighted by atomic mass is 9.84. The molecule has 0 aliphatic heterocycles. The van der Waals surface area contributed by atoms with Gasteiger partial charge in [-0.15, -0.1) is 0 Å². The first kappa shape index (κ1) is 13.1. The predicted octanol–water partition coefficient (Wildman–Crippen LogP) is 2.62. The normalized spacial score (nSPS) is 30.9. The predicted molar refractivity (Wildman–Crippen MR) is 76.1 cm³/mol. The van der Waals surface area contributed by atoms with Gasteiger partial charge in [0.2, 0.25) is 0 Å². The quantitative estimate of drug-likeness (QED) is 0.612. The average molecular weight is 262 g/mol. The van der Waals surface area contributed by atoms with Gasteiger partial charge in [0.25, 0.3) is 0 Å². The van der Waals surface area contributed by atoms with Crippen molar-refractivity contribution in [1.82, 2.24) is 15.0 Å². The van der Waals surface area contributed by atoms with Crippen LogP contribution in [0, 0.1) is 17.8 Å². The first-order chi connectivity index (χ1) is 9.31. The van der Waals surface area contributed by atoms with Crippen molar-refractivity contribution in [2.45, 2.75) is 58.0 Å². The molecular weight excluding hydrogens is 236 g/mol. The molecule has 0 saturated heterocycles. The Balaban J connectivity index is 1.68. The molecule has 19 heavy (non-hydrogen) atoms. The Hall–Kier alpha value is -0.870. The summed E-state index contributed by atoms with van der Waals surface area (Å²) >= 11 is 0. The largest absolute Gasteiger partial charge is 0.334 e. The maximum atomic E-state index is 5.80. The summed E-state index contributed by atoms with van der Waals surface area (Å²) in [6.07, 6.45) is 12.0. The highest BCUT2D eigenvalue weighted by atomic mass is 15.3. The van der Waals surface area contributed by atoms with Crippen LogP contribution < -0.4 is 11.3 Å². The van der Waals surface area contributed by atoms with E-state index in [1.807, 2.05) is 6.20 Å². The molecule has 3 rings (SSSR count). The van der Waals surface area contributed by atoms with Gasteiger partial charge >= 0.3 is 0 Å². The second kappa shape index (κ2) is 5.63. The zero-order chi connectivity index (χ0) is 13.2. The lowest BCUT2D eigenvalue weighted by Crippen LogP contribution is -2.32. The molecule has 106 valence electrons. The Bertz CT molecular complexity index is 414. The molecule has 4 heteroatoms. The van der Waals surface area contributed by atoms with Crippen LogP contribution >= 0.6 is 0 Å². The molecule has 0 aromatic carbocycles. The van der Waals surface area contributed by atoms with Crippen LogP contribution in [0.25, 0.3) is 0 Å². The van der Waals surface area contributed by atoms with Crippen LogP contribution in [0.3, 0.4) is 0 Å². The average Bonchev–Trinajstić information content (AvgIpc) is 3.12. The van der Waals surface area contributed by atoms with E-state index < -0.39 is 0 Å². The number of hydrogen-bond donors (Lipinski definition) is 2. The summed E-state index contributed by atoms with van der Waals surface area (Å²) in [5.74, 6) is 9.73. The third-order valence-electron chi connectivity index (χ3n) is 5.15. The van der Waals surface area contributed by atoms with Gasteiger partial charge in [0, 0.05) is 18.9 Å². The van der Waals surface area contributed by atoms with Gasteiger partial charge in [-0.3, -0.25) is 5.84 Å². The van der Waals surface area contributed by atoms with Gasteiger partial charge in [0.05, 0.1) is 6.04 Å². The van der Waals surface area contributed by atoms with E-state index >= 15 is 0 Å². The zero-order valence-electron chi connectivity index (χ0n) is 11.9. The molecule has 2 saturated carbocycles. The van der Waals surface area contributed by atoms with Crippen LogP contribution in [0.2, 0.25) is 0 Å². The summed E-state index contributed by atoms with van der Waals surface area (Å²) in [7, 11) is 0. The molecule has 4 nitrogen and oxygen atoms in total. The van der Waals surface area contributed by atoms with Gasteiger partial charge < -0.3 is 4.57 Å². The minimum absolute atomic E-state index is 0.214. The fraction of sp³-hybridized carbons (Fsp3) is 0.800. The summed E-state index contributed by atoms with van der Waals surface area (Å²) in [6, 6.07) is 0.214. The van der Waals surface area contributed by atoms with E-state index in [2.05, 4.69) is 28.1 Å². The molecule has 1 aromatic rings. The third-order valence-corrected chi connectivity index (χ3v) is 5.15. The van der Waals surface area contributed by atoms with Crippen molar-refractivity contribution in [1.29, 1.82) is 0 Å². The molecule has 4 atom stereocenters. The lowest BCUT2D eigenvalue weighted by molar-refractivity contribution is 0.273. The molecule has 0 amide bonds. The van der Waals surface area contributed by atoms with Gasteiger partial charge in [0.15, 0.2) is 0 Å². The number of imidazole rings is 1. The van der Waals surface area contributed by atoms with E-state index in [9.17, 15) is 0 Å². The van der Waals surface area contributed by atoms with Gasteiger partial charge in [-0.05, 0) is 49.9 Å². The molecule has 0 spiro atoms. The van der Waals surface area contributed by atoms with Crippen molar-refractivity contribution in [3.8, 4) is 0 Å². The molecule has 4 unspecified atom stereocenters. The highest BCUT2D eigenvalue weighted by Gasteiger charge is 2.40. The number of rotatable bonds is 6. The van der Waals surface area contributed by atoms with Gasteiger partial charge in [0.1, 0.15) is 5.82 Å². The molecule has 2 fully saturated rings. The molecule has 0 radical (unpaired) electrons. The first-order valence-electron chi connectivity index (χ1n) is 7.79. The lowest BCUT2D eigenvalue weighted by Gasteiger charge is -2.26. The maximum Gasteiger partial charge on any atom is 0.127 e. The van der Waals surface area contributed by atoms with Crippen molar-refractivity contribution in [2.75, 3.05) is 0 Å². The van der Waals surface area contributed by atoms with Crippen molar-refractivity contribution >= 4 is 0 Å². The molecule has 1 aromatic heterocycles. The minimum Gasteiger partial charge on any atom is -0.334 e. The molecule has 3 N–H and O–H groups in total. The van der Waals surface area contributed by atoms with Gasteiger partial charge in [-0.25, -0.2) is 10.4 Å². The molecule has 1 heterocycles. The number of nitrogens with two attached hydrogens (primary N) is 1. The SMILES string of the molecule is CCCn1ccnc1C(CC1CC2CCC1C2)NN. The summed E-state index contributed by atoms with van der Waals surface area (Å²) in [5, 5.41) is 0. The second-order valence-electron chi connectivity index (χ2n) is 6.37. The Kier molecular flexibility index (Phi) is 3.89. The fourth-order valence-electron chi connectivity index (χ4n) is 4.28. The summed E-state index contributed by atoms with van der Waals surface area (Å²) in [4.78, 5) is 4.53. The van der Waals surface area contributed by atoms with E-state index in [1.165, 1.54) is 25.7 Å². The molecule has 2 aliphatic carbocycles. The van der Waals surface area contributed by atoms with Crippen LogP contribution in [0.1, 0.15) is 57.3 Å². The number of fused-ring (bicyclic) bond motifs is 2. The Morgan fingerprint density at radius 2 is 2.37 bits per heavy atom. The van der Waals surface area contributed by atoms with Crippen molar-refractivity contribution in [3.63, 3.8) is 0 Å². The monoisotopic (exact) mass is 262 g/mol. The van der Waals surface area contributed by atoms with Crippen molar-refractivity contribution < 1.29 is 0 Å². The van der Waals surface area contributed by atoms with Gasteiger partial charge in [-0.1, -0.05) is 13.3 Å². The zero-order valence-corrected chi connectivity index (χ0v) is 11.9. The third kappa shape index (κ3) is 2.56. The molecular formula is C15H26N4. The van der Waals surface area contributed by atoms with E-state index in [0.29, 0.717) is 0 Å². The first-order valence-corrected chi connectivity index (χ1v) is 7.79. The van der Waals surface area contributed by atoms with E-state index in [0.717, 1.165) is 43.0 Å². The highest BCUT2D eigenvalue weighted by Crippen LogP contribution is 2.50. The minimum atomic E-state index is 0.214. The molecule has 2 aliphatic rings. The highest BCUT2D eigenvalue weighted by molar-refractivity contribution is 5.01. The van der Waals surface area contributed by atoms with Crippen LogP contribution in [-0.4, -0.2) is 9.55 Å². The summed E-state index contributed by atoms with van der Waals surface area (Å²) < 4.78 is 2.25. The smallest absolute Gasteiger partial charge is 0.127 e. The Labute approximate surface area is 115 Å². The van der Waals surface area contributed by atoms with Crippen molar-refractivity contribution in [2.24, 2.45) is 23.6 Å². The van der Waals surface area contributed by atoms with Crippen LogP contribution in [0.15, 0.2) is 12.4 Å². The van der Waals surface area contributed by atoms with E-state index in [4.69, 9.17) is 5.84 Å². The number of aromatic nitrogens is 2. The summed E-state index contributed by atoms with van der Waals surface area (Å²) in [5.41, 5.74) is 3.01.